The molecule has 2 aromatic carbocycles. The van der Waals surface area contributed by atoms with Crippen molar-refractivity contribution in [3.8, 4) is 17.0 Å². The smallest absolute Gasteiger partial charge is 0.264 e. The number of rotatable bonds is 6. The van der Waals surface area contributed by atoms with Crippen LogP contribution >= 0.6 is 0 Å². The number of hydrogen-bond donors (Lipinski definition) is 1. The standard InChI is InChI=1S/C34H44N4O6S2/c1-21-18-37(19-22(2)36(21)3)46(42,43)34-17-29(34)28-16-25(44-4)12-14-26(28)32-31(23-9-7-6-8-10-23)27-13-11-24(15-30(27)38(32)20-34)33(39)35-45(5,40)41/h11-16,21-23,29H,6-10,17-20H2,1-5H3,(H,35,39)/t21-,22+,29?,34?. The maximum Gasteiger partial charge on any atom is 0.264 e. The molecule has 46 heavy (non-hydrogen) atoms. The highest BCUT2D eigenvalue weighted by molar-refractivity contribution is 7.91. The lowest BCUT2D eigenvalue weighted by Crippen LogP contribution is -2.58. The van der Waals surface area contributed by atoms with Gasteiger partial charge in [0.05, 0.1) is 19.1 Å². The van der Waals surface area contributed by atoms with E-state index in [0.717, 1.165) is 59.7 Å². The molecule has 2 aliphatic heterocycles. The number of sulfonamides is 2. The first-order valence-corrected chi connectivity index (χ1v) is 19.7. The summed E-state index contributed by atoms with van der Waals surface area (Å²) < 4.78 is 64.4. The molecule has 1 amide bonds. The highest BCUT2D eigenvalue weighted by Crippen LogP contribution is 2.64. The zero-order valence-electron chi connectivity index (χ0n) is 27.2. The molecule has 4 atom stereocenters. The maximum absolute atomic E-state index is 14.9. The number of carbonyl (C=O) groups excluding carboxylic acids is 1. The first-order chi connectivity index (χ1) is 21.8. The molecule has 2 saturated carbocycles. The molecular formula is C34H44N4O6S2. The van der Waals surface area contributed by atoms with Crippen molar-refractivity contribution in [2.75, 3.05) is 33.5 Å². The Morgan fingerprint density at radius 2 is 1.67 bits per heavy atom. The number of likely N-dealkylation sites (N-methyl/N-ethyl adjacent to an activating group) is 1. The molecule has 10 nitrogen and oxygen atoms in total. The lowest BCUT2D eigenvalue weighted by Gasteiger charge is -2.43. The Balaban J connectivity index is 1.47. The van der Waals surface area contributed by atoms with Gasteiger partial charge in [-0.05, 0) is 87.5 Å². The topological polar surface area (TPSA) is 118 Å². The van der Waals surface area contributed by atoms with Gasteiger partial charge in [0.15, 0.2) is 0 Å². The second-order valence-electron chi connectivity index (χ2n) is 14.1. The molecule has 0 spiro atoms. The zero-order chi connectivity index (χ0) is 32.8. The average molecular weight is 669 g/mol. The van der Waals surface area contributed by atoms with E-state index in [2.05, 4.69) is 34.1 Å². The molecule has 2 unspecified atom stereocenters. The zero-order valence-corrected chi connectivity index (χ0v) is 28.9. The average Bonchev–Trinajstić information content (AvgIpc) is 3.70. The lowest BCUT2D eigenvalue weighted by molar-refractivity contribution is 0.0981. The molecule has 7 rings (SSSR count). The van der Waals surface area contributed by atoms with Crippen LogP contribution in [-0.4, -0.2) is 86.8 Å². The summed E-state index contributed by atoms with van der Waals surface area (Å²) in [6, 6.07) is 11.6. The highest BCUT2D eigenvalue weighted by Gasteiger charge is 2.68. The number of piperazine rings is 1. The minimum absolute atomic E-state index is 0.0853. The van der Waals surface area contributed by atoms with Crippen LogP contribution in [0, 0.1) is 0 Å². The first-order valence-electron chi connectivity index (χ1n) is 16.3. The fourth-order valence-electron chi connectivity index (χ4n) is 8.47. The summed E-state index contributed by atoms with van der Waals surface area (Å²) in [7, 11) is -3.86. The number of methoxy groups -OCH3 is 1. The molecule has 0 radical (unpaired) electrons. The summed E-state index contributed by atoms with van der Waals surface area (Å²) in [5, 5.41) is 0.994. The summed E-state index contributed by atoms with van der Waals surface area (Å²) in [5.41, 5.74) is 5.21. The van der Waals surface area contributed by atoms with Crippen LogP contribution in [0.5, 0.6) is 5.75 Å². The highest BCUT2D eigenvalue weighted by atomic mass is 32.2. The van der Waals surface area contributed by atoms with E-state index < -0.39 is 30.7 Å². The van der Waals surface area contributed by atoms with Gasteiger partial charge in [0.25, 0.3) is 5.91 Å². The van der Waals surface area contributed by atoms with Crippen molar-refractivity contribution in [2.45, 2.75) is 87.6 Å². The van der Waals surface area contributed by atoms with E-state index >= 15 is 0 Å². The van der Waals surface area contributed by atoms with Crippen LogP contribution in [0.25, 0.3) is 22.2 Å². The summed E-state index contributed by atoms with van der Waals surface area (Å²) in [6.07, 6.45) is 6.98. The minimum atomic E-state index is -3.78. The number of amides is 1. The fourth-order valence-corrected chi connectivity index (χ4v) is 11.4. The van der Waals surface area contributed by atoms with Crippen LogP contribution in [0.1, 0.15) is 85.7 Å². The lowest BCUT2D eigenvalue weighted by atomic mass is 9.81. The number of carbonyl (C=O) groups is 1. The summed E-state index contributed by atoms with van der Waals surface area (Å²) in [6.45, 7) is 5.27. The molecule has 1 N–H and O–H groups in total. The van der Waals surface area contributed by atoms with Crippen molar-refractivity contribution in [3.05, 3.63) is 53.1 Å². The number of fused-ring (bicyclic) bond motifs is 7. The Morgan fingerprint density at radius 3 is 2.33 bits per heavy atom. The van der Waals surface area contributed by atoms with Gasteiger partial charge in [-0.2, -0.15) is 4.31 Å². The van der Waals surface area contributed by atoms with E-state index in [1.807, 2.05) is 25.2 Å². The van der Waals surface area contributed by atoms with Crippen molar-refractivity contribution in [2.24, 2.45) is 0 Å². The number of nitrogens with zero attached hydrogens (tertiary/aromatic N) is 3. The van der Waals surface area contributed by atoms with Crippen LogP contribution in [-0.2, 0) is 26.6 Å². The van der Waals surface area contributed by atoms with Gasteiger partial charge in [-0.25, -0.2) is 21.6 Å². The van der Waals surface area contributed by atoms with Crippen LogP contribution in [0.4, 0.5) is 0 Å². The third kappa shape index (κ3) is 4.98. The molecule has 2 aliphatic carbocycles. The maximum atomic E-state index is 14.9. The second kappa shape index (κ2) is 11.1. The second-order valence-corrected chi connectivity index (χ2v) is 18.1. The van der Waals surface area contributed by atoms with E-state index in [-0.39, 0.29) is 30.1 Å². The van der Waals surface area contributed by atoms with Crippen molar-refractivity contribution in [1.82, 2.24) is 18.5 Å². The number of benzene rings is 2. The van der Waals surface area contributed by atoms with Gasteiger partial charge in [0, 0.05) is 59.7 Å². The van der Waals surface area contributed by atoms with Gasteiger partial charge in [-0.3, -0.25) is 9.69 Å². The third-order valence-electron chi connectivity index (χ3n) is 11.2. The normalized spacial score (nSPS) is 27.4. The molecule has 12 heteroatoms. The van der Waals surface area contributed by atoms with E-state index in [1.165, 1.54) is 12.0 Å². The molecule has 4 aliphatic rings. The quantitative estimate of drug-likeness (QED) is 0.407. The van der Waals surface area contributed by atoms with Gasteiger partial charge < -0.3 is 9.30 Å². The van der Waals surface area contributed by atoms with E-state index in [1.54, 1.807) is 23.5 Å². The monoisotopic (exact) mass is 668 g/mol. The molecule has 3 fully saturated rings. The fraction of sp³-hybridized carbons (Fsp3) is 0.559. The van der Waals surface area contributed by atoms with Gasteiger partial charge in [-0.15, -0.1) is 0 Å². The molecule has 0 bridgehead atoms. The summed E-state index contributed by atoms with van der Waals surface area (Å²) in [5.74, 6) is 0.0745. The third-order valence-corrected chi connectivity index (χ3v) is 14.3. The predicted molar refractivity (Wildman–Crippen MR) is 179 cm³/mol. The Kier molecular flexibility index (Phi) is 7.62. The Morgan fingerprint density at radius 1 is 0.978 bits per heavy atom. The van der Waals surface area contributed by atoms with E-state index in [4.69, 9.17) is 4.74 Å². The molecular weight excluding hydrogens is 625 g/mol. The first kappa shape index (κ1) is 31.7. The number of nitrogens with one attached hydrogen (secondary N) is 1. The number of ether oxygens (including phenoxy) is 1. The Labute approximate surface area is 272 Å². The summed E-state index contributed by atoms with van der Waals surface area (Å²) in [4.78, 5) is 15.3. The van der Waals surface area contributed by atoms with Gasteiger partial charge in [-0.1, -0.05) is 25.3 Å². The largest absolute Gasteiger partial charge is 0.497 e. The van der Waals surface area contributed by atoms with Gasteiger partial charge in [0.1, 0.15) is 10.5 Å². The number of hydrogen-bond acceptors (Lipinski definition) is 7. The van der Waals surface area contributed by atoms with Crippen LogP contribution in [0.2, 0.25) is 0 Å². The van der Waals surface area contributed by atoms with Crippen molar-refractivity contribution in [1.29, 1.82) is 0 Å². The Bertz CT molecular complexity index is 1940. The van der Waals surface area contributed by atoms with E-state index in [0.29, 0.717) is 31.2 Å². The molecule has 3 aromatic rings. The van der Waals surface area contributed by atoms with Gasteiger partial charge >= 0.3 is 0 Å². The molecule has 1 saturated heterocycles. The van der Waals surface area contributed by atoms with Crippen molar-refractivity contribution < 1.29 is 26.4 Å². The minimum Gasteiger partial charge on any atom is -0.497 e. The Hall–Kier alpha value is -2.93. The van der Waals surface area contributed by atoms with Crippen LogP contribution in [0.3, 0.4) is 0 Å². The predicted octanol–water partition coefficient (Wildman–Crippen LogP) is 4.65. The molecule has 3 heterocycles. The van der Waals surface area contributed by atoms with Crippen molar-refractivity contribution in [3.63, 3.8) is 0 Å². The molecule has 248 valence electrons. The summed E-state index contributed by atoms with van der Waals surface area (Å²) >= 11 is 0. The van der Waals surface area contributed by atoms with Crippen molar-refractivity contribution >= 4 is 36.9 Å². The van der Waals surface area contributed by atoms with Crippen LogP contribution < -0.4 is 9.46 Å². The van der Waals surface area contributed by atoms with E-state index in [9.17, 15) is 21.6 Å². The SMILES string of the molecule is COc1ccc2c(c1)C1CC1(S(=O)(=O)N1C[C@@H](C)N(C)[C@@H](C)C1)Cn1c-2c(C2CCCCC2)c2ccc(C(=O)NS(C)(=O)=O)cc21. The molecule has 1 aromatic heterocycles. The van der Waals surface area contributed by atoms with Gasteiger partial charge in [0.2, 0.25) is 20.0 Å². The van der Waals surface area contributed by atoms with Crippen LogP contribution in [0.15, 0.2) is 36.4 Å². The number of aromatic nitrogens is 1.